The minimum Gasteiger partial charge on any atom is -0.481 e. The third-order valence-electron chi connectivity index (χ3n) is 5.81. The first-order chi connectivity index (χ1) is 18.3. The van der Waals surface area contributed by atoms with Crippen LogP contribution in [0.5, 0.6) is 0 Å². The smallest absolute Gasteiger partial charge is 0.340 e. The van der Waals surface area contributed by atoms with E-state index in [0.29, 0.717) is 16.8 Å². The van der Waals surface area contributed by atoms with E-state index in [1.54, 1.807) is 69.3 Å². The lowest BCUT2D eigenvalue weighted by atomic mass is 10.0. The molecule has 1 aliphatic rings. The SMILES string of the molecule is CC(C(=O)O)c1cccc(NC(=O)NCC(=O)N2[C@H](C(=O)OC(C)(C)C)S[C@@H](C(=O)O)[C@@H]2c2ccccc2)c1. The van der Waals surface area contributed by atoms with Gasteiger partial charge in [-0.05, 0) is 51.0 Å². The Morgan fingerprint density at radius 2 is 1.69 bits per heavy atom. The lowest BCUT2D eigenvalue weighted by Gasteiger charge is -2.31. The van der Waals surface area contributed by atoms with E-state index in [1.807, 2.05) is 0 Å². The topological polar surface area (TPSA) is 162 Å². The van der Waals surface area contributed by atoms with Crippen molar-refractivity contribution in [3.05, 3.63) is 65.7 Å². The van der Waals surface area contributed by atoms with Crippen LogP contribution in [-0.2, 0) is 23.9 Å². The number of benzene rings is 2. The van der Waals surface area contributed by atoms with Crippen molar-refractivity contribution in [3.63, 3.8) is 0 Å². The van der Waals surface area contributed by atoms with E-state index in [-0.39, 0.29) is 0 Å². The highest BCUT2D eigenvalue weighted by Crippen LogP contribution is 2.45. The van der Waals surface area contributed by atoms with Gasteiger partial charge in [0.05, 0.1) is 18.5 Å². The molecule has 4 atom stereocenters. The number of carbonyl (C=O) groups is 5. The maximum absolute atomic E-state index is 13.5. The average Bonchev–Trinajstić information content (AvgIpc) is 3.28. The summed E-state index contributed by atoms with van der Waals surface area (Å²) in [5.41, 5.74) is 0.449. The van der Waals surface area contributed by atoms with Gasteiger partial charge in [-0.15, -0.1) is 11.8 Å². The zero-order valence-corrected chi connectivity index (χ0v) is 22.7. The number of carboxylic acids is 2. The molecular weight excluding hydrogens is 526 g/mol. The maximum Gasteiger partial charge on any atom is 0.340 e. The van der Waals surface area contributed by atoms with Crippen molar-refractivity contribution in [2.75, 3.05) is 11.9 Å². The van der Waals surface area contributed by atoms with Gasteiger partial charge >= 0.3 is 23.9 Å². The van der Waals surface area contributed by atoms with Gasteiger partial charge in [0.25, 0.3) is 0 Å². The van der Waals surface area contributed by atoms with E-state index in [0.717, 1.165) is 16.7 Å². The van der Waals surface area contributed by atoms with Crippen molar-refractivity contribution < 1.29 is 38.9 Å². The molecule has 39 heavy (non-hydrogen) atoms. The van der Waals surface area contributed by atoms with Crippen LogP contribution in [0, 0.1) is 0 Å². The van der Waals surface area contributed by atoms with Crippen molar-refractivity contribution in [1.82, 2.24) is 10.2 Å². The number of nitrogens with one attached hydrogen (secondary N) is 2. The summed E-state index contributed by atoms with van der Waals surface area (Å²) < 4.78 is 5.48. The van der Waals surface area contributed by atoms with Crippen LogP contribution in [-0.4, -0.2) is 67.7 Å². The maximum atomic E-state index is 13.5. The lowest BCUT2D eigenvalue weighted by Crippen LogP contribution is -2.48. The summed E-state index contributed by atoms with van der Waals surface area (Å²) in [5, 5.41) is 21.7. The van der Waals surface area contributed by atoms with Crippen molar-refractivity contribution in [3.8, 4) is 0 Å². The Hall–Kier alpha value is -4.06. The van der Waals surface area contributed by atoms with E-state index in [4.69, 9.17) is 4.74 Å². The normalized spacial score (nSPS) is 19.6. The number of anilines is 1. The van der Waals surface area contributed by atoms with Crippen LogP contribution in [0.3, 0.4) is 0 Å². The molecule has 1 aliphatic heterocycles. The van der Waals surface area contributed by atoms with Gasteiger partial charge in [-0.25, -0.2) is 9.59 Å². The number of aliphatic carboxylic acids is 2. The number of thioether (sulfide) groups is 1. The molecule has 11 nitrogen and oxygen atoms in total. The molecule has 2 aromatic carbocycles. The fourth-order valence-corrected chi connectivity index (χ4v) is 5.38. The summed E-state index contributed by atoms with van der Waals surface area (Å²) >= 11 is 0.805. The van der Waals surface area contributed by atoms with E-state index in [9.17, 15) is 34.2 Å². The second-order valence-electron chi connectivity index (χ2n) is 9.93. The number of carbonyl (C=O) groups excluding carboxylic acids is 3. The molecule has 0 bridgehead atoms. The van der Waals surface area contributed by atoms with Gasteiger partial charge in [0.1, 0.15) is 10.9 Å². The fraction of sp³-hybridized carbons (Fsp3) is 0.370. The highest BCUT2D eigenvalue weighted by Gasteiger charge is 2.52. The number of rotatable bonds is 8. The predicted octanol–water partition coefficient (Wildman–Crippen LogP) is 3.43. The molecule has 0 saturated carbocycles. The van der Waals surface area contributed by atoms with Gasteiger partial charge < -0.3 is 30.5 Å². The Labute approximate surface area is 229 Å². The Morgan fingerprint density at radius 1 is 1.03 bits per heavy atom. The van der Waals surface area contributed by atoms with Gasteiger partial charge in [0.2, 0.25) is 5.91 Å². The first-order valence-electron chi connectivity index (χ1n) is 12.1. The van der Waals surface area contributed by atoms with Gasteiger partial charge in [-0.1, -0.05) is 42.5 Å². The van der Waals surface area contributed by atoms with E-state index >= 15 is 0 Å². The molecule has 3 amide bonds. The molecule has 0 spiro atoms. The van der Waals surface area contributed by atoms with E-state index < -0.39 is 64.6 Å². The second kappa shape index (κ2) is 12.2. The number of nitrogens with zero attached hydrogens (tertiary/aromatic N) is 1. The Bertz CT molecular complexity index is 1250. The molecule has 0 radical (unpaired) electrons. The number of hydrogen-bond donors (Lipinski definition) is 4. The largest absolute Gasteiger partial charge is 0.481 e. The number of carboxylic acid groups (broad SMARTS) is 2. The van der Waals surface area contributed by atoms with Gasteiger partial charge in [-0.2, -0.15) is 0 Å². The summed E-state index contributed by atoms with van der Waals surface area (Å²) in [7, 11) is 0. The first kappa shape index (κ1) is 29.5. The Kier molecular flexibility index (Phi) is 9.23. The van der Waals surface area contributed by atoms with Gasteiger partial charge in [0, 0.05) is 5.69 Å². The summed E-state index contributed by atoms with van der Waals surface area (Å²) in [5.74, 6) is -4.44. The van der Waals surface area contributed by atoms with Crippen LogP contribution in [0.15, 0.2) is 54.6 Å². The van der Waals surface area contributed by atoms with Crippen LogP contribution in [0.1, 0.15) is 50.8 Å². The molecule has 0 aromatic heterocycles. The number of amides is 3. The highest BCUT2D eigenvalue weighted by atomic mass is 32.2. The Morgan fingerprint density at radius 3 is 2.28 bits per heavy atom. The van der Waals surface area contributed by atoms with Crippen molar-refractivity contribution in [2.45, 2.75) is 55.9 Å². The summed E-state index contributed by atoms with van der Waals surface area (Å²) in [6.45, 7) is 5.98. The highest BCUT2D eigenvalue weighted by molar-refractivity contribution is 8.02. The van der Waals surface area contributed by atoms with Crippen LogP contribution in [0.25, 0.3) is 0 Å². The van der Waals surface area contributed by atoms with Crippen LogP contribution in [0.2, 0.25) is 0 Å². The molecule has 12 heteroatoms. The fourth-order valence-electron chi connectivity index (χ4n) is 4.01. The molecule has 3 rings (SSSR count). The van der Waals surface area contributed by atoms with Gasteiger partial charge in [-0.3, -0.25) is 14.4 Å². The molecule has 0 aliphatic carbocycles. The van der Waals surface area contributed by atoms with Crippen molar-refractivity contribution in [1.29, 1.82) is 0 Å². The quantitative estimate of drug-likeness (QED) is 0.356. The summed E-state index contributed by atoms with van der Waals surface area (Å²) in [6, 6.07) is 13.1. The predicted molar refractivity (Wildman–Crippen MR) is 144 cm³/mol. The van der Waals surface area contributed by atoms with Crippen LogP contribution >= 0.6 is 11.8 Å². The minimum absolute atomic E-state index is 0.321. The zero-order valence-electron chi connectivity index (χ0n) is 21.9. The Balaban J connectivity index is 1.81. The van der Waals surface area contributed by atoms with E-state index in [1.165, 1.54) is 13.0 Å². The molecule has 1 fully saturated rings. The monoisotopic (exact) mass is 557 g/mol. The number of esters is 1. The minimum atomic E-state index is -1.25. The number of hydrogen-bond acceptors (Lipinski definition) is 7. The number of ether oxygens (including phenoxy) is 1. The van der Waals surface area contributed by atoms with E-state index in [2.05, 4.69) is 10.6 Å². The average molecular weight is 558 g/mol. The van der Waals surface area contributed by atoms with Crippen LogP contribution in [0.4, 0.5) is 10.5 Å². The molecule has 208 valence electrons. The molecule has 1 saturated heterocycles. The van der Waals surface area contributed by atoms with Crippen LogP contribution < -0.4 is 10.6 Å². The standard InChI is InChI=1S/C27H31N3O8S/c1-15(23(32)33)17-11-8-12-18(13-17)29-26(37)28-14-19(31)30-20(16-9-6-5-7-10-16)21(24(34)35)39-22(30)25(36)38-27(2,3)4/h5-13,15,20-22H,14H2,1-4H3,(H,32,33)(H,34,35)(H2,28,29,37)/t15?,20-,21+,22-/m0/s1. The van der Waals surface area contributed by atoms with Gasteiger partial charge in [0.15, 0.2) is 5.37 Å². The molecular formula is C27H31N3O8S. The van der Waals surface area contributed by atoms with Crippen molar-refractivity contribution >= 4 is 47.3 Å². The molecule has 4 N–H and O–H groups in total. The molecule has 2 aromatic rings. The first-order valence-corrected chi connectivity index (χ1v) is 13.1. The molecule has 1 unspecified atom stereocenters. The second-order valence-corrected chi connectivity index (χ2v) is 11.2. The molecule has 1 heterocycles. The number of urea groups is 1. The third kappa shape index (κ3) is 7.50. The summed E-state index contributed by atoms with van der Waals surface area (Å²) in [4.78, 5) is 63.7. The summed E-state index contributed by atoms with van der Waals surface area (Å²) in [6.07, 6.45) is 0. The third-order valence-corrected chi connectivity index (χ3v) is 7.24. The lowest BCUT2D eigenvalue weighted by molar-refractivity contribution is -0.161. The zero-order chi connectivity index (χ0) is 28.9. The van der Waals surface area contributed by atoms with Crippen molar-refractivity contribution in [2.24, 2.45) is 0 Å².